The molecule has 3 rings (SSSR count). The number of hydrogen-bond acceptors (Lipinski definition) is 2. The lowest BCUT2D eigenvalue weighted by molar-refractivity contribution is 0.182. The number of hydrogen-bond donors (Lipinski definition) is 1. The monoisotopic (exact) mass is 268 g/mol. The maximum Gasteiger partial charge on any atom is 0.178 e. The van der Waals surface area contributed by atoms with Crippen LogP contribution in [0.15, 0.2) is 18.2 Å². The number of aromatic nitrogens is 2. The zero-order valence-electron chi connectivity index (χ0n) is 9.28. The highest BCUT2D eigenvalue weighted by molar-refractivity contribution is 7.71. The number of ether oxygens (including phenoxy) is 1. The van der Waals surface area contributed by atoms with E-state index in [4.69, 9.17) is 28.6 Å². The molecule has 1 aromatic heterocycles. The first-order chi connectivity index (χ1) is 8.24. The number of H-pyrrole nitrogens is 1. The smallest absolute Gasteiger partial charge is 0.178 e. The molecule has 1 atom stereocenters. The van der Waals surface area contributed by atoms with Crippen LogP contribution in [0, 0.1) is 10.7 Å². The molecule has 0 radical (unpaired) electrons. The van der Waals surface area contributed by atoms with Crippen LogP contribution in [0.5, 0.6) is 0 Å². The first-order valence-corrected chi connectivity index (χ1v) is 6.48. The second kappa shape index (κ2) is 4.44. The highest BCUT2D eigenvalue weighted by Crippen LogP contribution is 2.22. The summed E-state index contributed by atoms with van der Waals surface area (Å²) in [6.07, 6.45) is 1.11. The Morgan fingerprint density at radius 3 is 3.18 bits per heavy atom. The van der Waals surface area contributed by atoms with Crippen LogP contribution in [0.4, 0.5) is 0 Å². The summed E-state index contributed by atoms with van der Waals surface area (Å²) < 4.78 is 8.30. The fourth-order valence-electron chi connectivity index (χ4n) is 2.30. The van der Waals surface area contributed by atoms with Crippen molar-refractivity contribution in [2.24, 2.45) is 5.92 Å². The van der Waals surface area contributed by atoms with Crippen LogP contribution in [0.25, 0.3) is 11.0 Å². The third-order valence-corrected chi connectivity index (χ3v) is 3.76. The fourth-order valence-corrected chi connectivity index (χ4v) is 2.76. The normalized spacial score (nSPS) is 20.2. The molecule has 1 unspecified atom stereocenters. The van der Waals surface area contributed by atoms with E-state index < -0.39 is 0 Å². The van der Waals surface area contributed by atoms with Crippen LogP contribution in [-0.4, -0.2) is 22.8 Å². The Bertz CT molecular complexity index is 598. The zero-order valence-corrected chi connectivity index (χ0v) is 10.9. The Kier molecular flexibility index (Phi) is 2.94. The van der Waals surface area contributed by atoms with E-state index in [1.807, 2.05) is 18.2 Å². The minimum absolute atomic E-state index is 0.566. The molecule has 2 aromatic rings. The van der Waals surface area contributed by atoms with Crippen molar-refractivity contribution >= 4 is 34.9 Å². The molecule has 2 heterocycles. The Labute approximate surface area is 109 Å². The van der Waals surface area contributed by atoms with Crippen molar-refractivity contribution in [2.45, 2.75) is 13.0 Å². The molecule has 1 saturated heterocycles. The third kappa shape index (κ3) is 2.12. The molecule has 5 heteroatoms. The summed E-state index contributed by atoms with van der Waals surface area (Å²) in [5.74, 6) is 0.566. The molecule has 17 heavy (non-hydrogen) atoms. The van der Waals surface area contributed by atoms with Crippen LogP contribution in [0.3, 0.4) is 0 Å². The van der Waals surface area contributed by atoms with Gasteiger partial charge in [0, 0.05) is 24.1 Å². The van der Waals surface area contributed by atoms with Crippen LogP contribution >= 0.6 is 23.8 Å². The molecule has 3 nitrogen and oxygen atoms in total. The summed E-state index contributed by atoms with van der Waals surface area (Å²) in [6, 6.07) is 5.82. The average Bonchev–Trinajstić information content (AvgIpc) is 2.88. The zero-order chi connectivity index (χ0) is 11.8. The van der Waals surface area contributed by atoms with Gasteiger partial charge >= 0.3 is 0 Å². The van der Waals surface area contributed by atoms with E-state index in [-0.39, 0.29) is 0 Å². The molecule has 0 amide bonds. The minimum atomic E-state index is 0.566. The first-order valence-electron chi connectivity index (χ1n) is 5.70. The van der Waals surface area contributed by atoms with E-state index in [2.05, 4.69) is 9.55 Å². The van der Waals surface area contributed by atoms with E-state index in [0.29, 0.717) is 5.92 Å². The van der Waals surface area contributed by atoms with Gasteiger partial charge < -0.3 is 14.3 Å². The summed E-state index contributed by atoms with van der Waals surface area (Å²) in [6.45, 7) is 2.62. The molecule has 1 aromatic carbocycles. The lowest BCUT2D eigenvalue weighted by Gasteiger charge is -2.09. The van der Waals surface area contributed by atoms with Crippen LogP contribution < -0.4 is 0 Å². The molecule has 90 valence electrons. The van der Waals surface area contributed by atoms with Gasteiger partial charge in [-0.3, -0.25) is 0 Å². The molecule has 0 aliphatic carbocycles. The van der Waals surface area contributed by atoms with Crippen molar-refractivity contribution in [3.63, 3.8) is 0 Å². The fraction of sp³-hybridized carbons (Fsp3) is 0.417. The Morgan fingerprint density at radius 2 is 2.41 bits per heavy atom. The lowest BCUT2D eigenvalue weighted by Crippen LogP contribution is -2.10. The number of rotatable bonds is 2. The van der Waals surface area contributed by atoms with Crippen molar-refractivity contribution < 1.29 is 4.74 Å². The number of nitrogens with one attached hydrogen (secondary N) is 1. The maximum absolute atomic E-state index is 5.97. The van der Waals surface area contributed by atoms with Crippen molar-refractivity contribution in [3.05, 3.63) is 28.0 Å². The molecule has 0 spiro atoms. The van der Waals surface area contributed by atoms with Gasteiger partial charge in [0.2, 0.25) is 0 Å². The summed E-state index contributed by atoms with van der Waals surface area (Å²) >= 11 is 11.3. The van der Waals surface area contributed by atoms with E-state index in [1.165, 1.54) is 0 Å². The largest absolute Gasteiger partial charge is 0.381 e. The van der Waals surface area contributed by atoms with Crippen molar-refractivity contribution in [1.82, 2.24) is 9.55 Å². The van der Waals surface area contributed by atoms with Gasteiger partial charge in [-0.15, -0.1) is 0 Å². The number of fused-ring (bicyclic) bond motifs is 1. The second-order valence-electron chi connectivity index (χ2n) is 4.43. The summed E-state index contributed by atoms with van der Waals surface area (Å²) in [5, 5.41) is 0.727. The van der Waals surface area contributed by atoms with Gasteiger partial charge in [0.15, 0.2) is 4.77 Å². The van der Waals surface area contributed by atoms with Crippen molar-refractivity contribution in [3.8, 4) is 0 Å². The van der Waals surface area contributed by atoms with Gasteiger partial charge in [-0.05, 0) is 36.8 Å². The van der Waals surface area contributed by atoms with Crippen molar-refractivity contribution in [1.29, 1.82) is 0 Å². The SMILES string of the molecule is S=c1[nH]c2cc(Cl)ccc2n1CC1CCOC1. The van der Waals surface area contributed by atoms with E-state index in [1.54, 1.807) is 0 Å². The average molecular weight is 269 g/mol. The highest BCUT2D eigenvalue weighted by atomic mass is 35.5. The summed E-state index contributed by atoms with van der Waals surface area (Å²) in [5.41, 5.74) is 2.12. The highest BCUT2D eigenvalue weighted by Gasteiger charge is 2.17. The second-order valence-corrected chi connectivity index (χ2v) is 5.25. The predicted molar refractivity (Wildman–Crippen MR) is 71.1 cm³/mol. The van der Waals surface area contributed by atoms with Gasteiger partial charge in [0.05, 0.1) is 17.6 Å². The van der Waals surface area contributed by atoms with Gasteiger partial charge in [-0.1, -0.05) is 11.6 Å². The molecule has 0 saturated carbocycles. The molecular weight excluding hydrogens is 256 g/mol. The minimum Gasteiger partial charge on any atom is -0.381 e. The third-order valence-electron chi connectivity index (χ3n) is 3.20. The molecule has 1 fully saturated rings. The van der Waals surface area contributed by atoms with E-state index in [9.17, 15) is 0 Å². The summed E-state index contributed by atoms with van der Waals surface area (Å²) in [7, 11) is 0. The number of benzene rings is 1. The van der Waals surface area contributed by atoms with Gasteiger partial charge in [-0.2, -0.15) is 0 Å². The topological polar surface area (TPSA) is 29.9 Å². The number of imidazole rings is 1. The Balaban J connectivity index is 2.02. The van der Waals surface area contributed by atoms with E-state index >= 15 is 0 Å². The quantitative estimate of drug-likeness (QED) is 0.846. The van der Waals surface area contributed by atoms with Crippen molar-refractivity contribution in [2.75, 3.05) is 13.2 Å². The van der Waals surface area contributed by atoms with Gasteiger partial charge in [-0.25, -0.2) is 0 Å². The van der Waals surface area contributed by atoms with Gasteiger partial charge in [0.25, 0.3) is 0 Å². The molecule has 1 aliphatic heterocycles. The lowest BCUT2D eigenvalue weighted by atomic mass is 10.1. The standard InChI is InChI=1S/C12H13ClN2OS/c13-9-1-2-11-10(5-9)14-12(17)15(11)6-8-3-4-16-7-8/h1-2,5,8H,3-4,6-7H2,(H,14,17). The number of aromatic amines is 1. The number of nitrogens with zero attached hydrogens (tertiary/aromatic N) is 1. The first kappa shape index (κ1) is 11.3. The van der Waals surface area contributed by atoms with E-state index in [0.717, 1.165) is 47.0 Å². The van der Waals surface area contributed by atoms with Gasteiger partial charge in [0.1, 0.15) is 0 Å². The molecule has 1 N–H and O–H groups in total. The van der Waals surface area contributed by atoms with Crippen LogP contribution in [-0.2, 0) is 11.3 Å². The van der Waals surface area contributed by atoms with Crippen LogP contribution in [0.1, 0.15) is 6.42 Å². The predicted octanol–water partition coefficient (Wildman–Crippen LogP) is 3.39. The molecule has 0 bridgehead atoms. The molecular formula is C12H13ClN2OS. The molecule has 1 aliphatic rings. The maximum atomic E-state index is 5.97. The summed E-state index contributed by atoms with van der Waals surface area (Å²) in [4.78, 5) is 3.19. The van der Waals surface area contributed by atoms with Crippen LogP contribution in [0.2, 0.25) is 5.02 Å². The Hall–Kier alpha value is -0.840. The number of halogens is 1. The Morgan fingerprint density at radius 1 is 1.53 bits per heavy atom.